The Labute approximate surface area is 121 Å². The first-order valence-corrected chi connectivity index (χ1v) is 7.21. The lowest BCUT2D eigenvalue weighted by molar-refractivity contribution is 1.10. The number of anilines is 1. The van der Waals surface area contributed by atoms with Crippen LogP contribution in [-0.4, -0.2) is 15.2 Å². The van der Waals surface area contributed by atoms with Crippen LogP contribution in [0.2, 0.25) is 0 Å². The van der Waals surface area contributed by atoms with E-state index in [0.717, 1.165) is 19.8 Å². The van der Waals surface area contributed by atoms with Gasteiger partial charge >= 0.3 is 0 Å². The summed E-state index contributed by atoms with van der Waals surface area (Å²) in [5.41, 5.74) is 7.50. The summed E-state index contributed by atoms with van der Waals surface area (Å²) in [5.74, 6) is 1.41. The first kappa shape index (κ1) is 11.7. The SMILES string of the molecule is Nc1ccc(I)cc1-c1n[nH]c(-c2cccs2)n1. The van der Waals surface area contributed by atoms with Gasteiger partial charge in [-0.25, -0.2) is 4.98 Å². The molecular formula is C12H9IN4S. The van der Waals surface area contributed by atoms with Crippen LogP contribution in [0.25, 0.3) is 22.1 Å². The number of nitrogens with two attached hydrogens (primary N) is 1. The minimum absolute atomic E-state index is 0.634. The van der Waals surface area contributed by atoms with Crippen LogP contribution >= 0.6 is 33.9 Å². The van der Waals surface area contributed by atoms with Crippen molar-refractivity contribution in [1.82, 2.24) is 15.2 Å². The number of aromatic nitrogens is 3. The van der Waals surface area contributed by atoms with Gasteiger partial charge in [-0.3, -0.25) is 5.10 Å². The molecule has 0 saturated heterocycles. The van der Waals surface area contributed by atoms with Gasteiger partial charge in [0, 0.05) is 14.8 Å². The summed E-state index contributed by atoms with van der Waals surface area (Å²) in [4.78, 5) is 5.55. The van der Waals surface area contributed by atoms with E-state index in [1.165, 1.54) is 0 Å². The van der Waals surface area contributed by atoms with Gasteiger partial charge in [0.2, 0.25) is 0 Å². The number of rotatable bonds is 2. The van der Waals surface area contributed by atoms with E-state index in [4.69, 9.17) is 5.73 Å². The molecule has 0 fully saturated rings. The maximum Gasteiger partial charge on any atom is 0.183 e. The van der Waals surface area contributed by atoms with E-state index in [1.54, 1.807) is 11.3 Å². The number of aromatic amines is 1. The molecule has 0 bridgehead atoms. The molecule has 18 heavy (non-hydrogen) atoms. The highest BCUT2D eigenvalue weighted by molar-refractivity contribution is 14.1. The summed E-state index contributed by atoms with van der Waals surface area (Å²) in [6.07, 6.45) is 0. The van der Waals surface area contributed by atoms with Crippen molar-refractivity contribution in [2.24, 2.45) is 0 Å². The molecule has 3 rings (SSSR count). The van der Waals surface area contributed by atoms with Crippen molar-refractivity contribution in [1.29, 1.82) is 0 Å². The van der Waals surface area contributed by atoms with E-state index in [-0.39, 0.29) is 0 Å². The average Bonchev–Trinajstić information content (AvgIpc) is 3.00. The molecule has 3 aromatic rings. The Bertz CT molecular complexity index is 675. The smallest absolute Gasteiger partial charge is 0.183 e. The Morgan fingerprint density at radius 2 is 2.17 bits per heavy atom. The molecule has 1 aromatic carbocycles. The van der Waals surface area contributed by atoms with Gasteiger partial charge in [-0.15, -0.1) is 11.3 Å². The molecule has 2 heterocycles. The minimum atomic E-state index is 0.634. The van der Waals surface area contributed by atoms with Crippen molar-refractivity contribution in [2.75, 3.05) is 5.73 Å². The molecule has 0 aliphatic rings. The quantitative estimate of drug-likeness (QED) is 0.538. The van der Waals surface area contributed by atoms with E-state index >= 15 is 0 Å². The maximum absolute atomic E-state index is 5.95. The Morgan fingerprint density at radius 1 is 1.28 bits per heavy atom. The van der Waals surface area contributed by atoms with Gasteiger partial charge in [-0.1, -0.05) is 6.07 Å². The largest absolute Gasteiger partial charge is 0.398 e. The molecule has 90 valence electrons. The molecule has 2 aromatic heterocycles. The second-order valence-electron chi connectivity index (χ2n) is 3.72. The zero-order valence-electron chi connectivity index (χ0n) is 9.22. The predicted octanol–water partition coefficient (Wildman–Crippen LogP) is 3.39. The fraction of sp³-hybridized carbons (Fsp3) is 0. The number of thiophene rings is 1. The normalized spacial score (nSPS) is 10.7. The third-order valence-corrected chi connectivity index (χ3v) is 4.04. The lowest BCUT2D eigenvalue weighted by atomic mass is 10.2. The first-order chi connectivity index (χ1) is 8.74. The highest BCUT2D eigenvalue weighted by atomic mass is 127. The van der Waals surface area contributed by atoms with E-state index in [0.29, 0.717) is 11.5 Å². The lowest BCUT2D eigenvalue weighted by Gasteiger charge is -2.01. The zero-order chi connectivity index (χ0) is 12.5. The molecule has 0 saturated carbocycles. The van der Waals surface area contributed by atoms with Gasteiger partial charge in [-0.2, -0.15) is 5.10 Å². The summed E-state index contributed by atoms with van der Waals surface area (Å²) < 4.78 is 1.11. The molecule has 0 amide bonds. The molecule has 6 heteroatoms. The van der Waals surface area contributed by atoms with Crippen LogP contribution < -0.4 is 5.73 Å². The minimum Gasteiger partial charge on any atom is -0.398 e. The van der Waals surface area contributed by atoms with Gasteiger partial charge in [0.05, 0.1) is 4.88 Å². The van der Waals surface area contributed by atoms with Crippen LogP contribution in [0.5, 0.6) is 0 Å². The van der Waals surface area contributed by atoms with Gasteiger partial charge in [-0.05, 0) is 52.2 Å². The van der Waals surface area contributed by atoms with E-state index in [9.17, 15) is 0 Å². The number of hydrogen-bond donors (Lipinski definition) is 2. The highest BCUT2D eigenvalue weighted by Gasteiger charge is 2.11. The highest BCUT2D eigenvalue weighted by Crippen LogP contribution is 2.27. The second kappa shape index (κ2) is 4.69. The van der Waals surface area contributed by atoms with Crippen molar-refractivity contribution in [3.8, 4) is 22.1 Å². The fourth-order valence-electron chi connectivity index (χ4n) is 1.63. The fourth-order valence-corrected chi connectivity index (χ4v) is 2.78. The Balaban J connectivity index is 2.05. The Kier molecular flexibility index (Phi) is 3.04. The average molecular weight is 368 g/mol. The summed E-state index contributed by atoms with van der Waals surface area (Å²) in [6.45, 7) is 0. The third-order valence-electron chi connectivity index (χ3n) is 2.50. The molecule has 0 aliphatic carbocycles. The summed E-state index contributed by atoms with van der Waals surface area (Å²) in [7, 11) is 0. The monoisotopic (exact) mass is 368 g/mol. The number of benzene rings is 1. The van der Waals surface area contributed by atoms with Gasteiger partial charge in [0.1, 0.15) is 0 Å². The van der Waals surface area contributed by atoms with Crippen molar-refractivity contribution in [2.45, 2.75) is 0 Å². The molecule has 3 N–H and O–H groups in total. The number of hydrogen-bond acceptors (Lipinski definition) is 4. The Hall–Kier alpha value is -1.41. The number of nitrogens with zero attached hydrogens (tertiary/aromatic N) is 2. The van der Waals surface area contributed by atoms with Crippen LogP contribution in [0.3, 0.4) is 0 Å². The summed E-state index contributed by atoms with van der Waals surface area (Å²) in [6, 6.07) is 9.82. The standard InChI is InChI=1S/C12H9IN4S/c13-7-3-4-9(14)8(6-7)11-15-12(17-16-11)10-2-1-5-18-10/h1-6H,14H2,(H,15,16,17). The molecular weight excluding hydrogens is 359 g/mol. The van der Waals surface area contributed by atoms with E-state index in [1.807, 2.05) is 35.7 Å². The van der Waals surface area contributed by atoms with Gasteiger partial charge < -0.3 is 5.73 Å². The molecule has 4 nitrogen and oxygen atoms in total. The van der Waals surface area contributed by atoms with E-state index < -0.39 is 0 Å². The number of halogens is 1. The molecule has 0 aliphatic heterocycles. The second-order valence-corrected chi connectivity index (χ2v) is 5.91. The third kappa shape index (κ3) is 2.13. The first-order valence-electron chi connectivity index (χ1n) is 5.26. The van der Waals surface area contributed by atoms with Crippen LogP contribution in [0.15, 0.2) is 35.7 Å². The van der Waals surface area contributed by atoms with Crippen LogP contribution in [-0.2, 0) is 0 Å². The lowest BCUT2D eigenvalue weighted by Crippen LogP contribution is -1.92. The van der Waals surface area contributed by atoms with Crippen molar-refractivity contribution in [3.05, 3.63) is 39.3 Å². The number of nitrogen functional groups attached to an aromatic ring is 1. The van der Waals surface area contributed by atoms with Crippen LogP contribution in [0.4, 0.5) is 5.69 Å². The maximum atomic E-state index is 5.95. The van der Waals surface area contributed by atoms with Crippen molar-refractivity contribution >= 4 is 39.6 Å². The van der Waals surface area contributed by atoms with Crippen molar-refractivity contribution < 1.29 is 0 Å². The van der Waals surface area contributed by atoms with Gasteiger partial charge in [0.25, 0.3) is 0 Å². The molecule has 0 radical (unpaired) electrons. The Morgan fingerprint density at radius 3 is 2.94 bits per heavy atom. The number of H-pyrrole nitrogens is 1. The van der Waals surface area contributed by atoms with Crippen LogP contribution in [0, 0.1) is 3.57 Å². The van der Waals surface area contributed by atoms with Gasteiger partial charge in [0.15, 0.2) is 11.6 Å². The summed E-state index contributed by atoms with van der Waals surface area (Å²) >= 11 is 3.87. The molecule has 0 spiro atoms. The molecule has 0 unspecified atom stereocenters. The predicted molar refractivity (Wildman–Crippen MR) is 82.3 cm³/mol. The summed E-state index contributed by atoms with van der Waals surface area (Å²) in [5, 5.41) is 9.19. The topological polar surface area (TPSA) is 67.6 Å². The number of nitrogens with one attached hydrogen (secondary N) is 1. The van der Waals surface area contributed by atoms with E-state index in [2.05, 4.69) is 37.8 Å². The van der Waals surface area contributed by atoms with Crippen molar-refractivity contribution in [3.63, 3.8) is 0 Å². The van der Waals surface area contributed by atoms with Crippen LogP contribution in [0.1, 0.15) is 0 Å². The zero-order valence-corrected chi connectivity index (χ0v) is 12.2. The molecule has 0 atom stereocenters.